The average Bonchev–Trinajstić information content (AvgIpc) is 3.54. The van der Waals surface area contributed by atoms with Gasteiger partial charge in [-0.15, -0.1) is 0 Å². The van der Waals surface area contributed by atoms with Gasteiger partial charge in [0.25, 0.3) is 11.8 Å². The highest BCUT2D eigenvalue weighted by Gasteiger charge is 2.27. The number of anilines is 1. The van der Waals surface area contributed by atoms with E-state index in [0.717, 1.165) is 75.0 Å². The molecular formula is C38H48F2N6O5. The Morgan fingerprint density at radius 1 is 1.02 bits per heavy atom. The summed E-state index contributed by atoms with van der Waals surface area (Å²) in [7, 11) is 3.66. The van der Waals surface area contributed by atoms with Gasteiger partial charge in [0, 0.05) is 57.4 Å². The van der Waals surface area contributed by atoms with Gasteiger partial charge in [-0.1, -0.05) is 36.4 Å². The van der Waals surface area contributed by atoms with Crippen molar-refractivity contribution in [3.8, 4) is 5.75 Å². The maximum Gasteiger partial charge on any atom is 0.407 e. The van der Waals surface area contributed by atoms with Crippen LogP contribution in [0, 0.1) is 5.92 Å². The van der Waals surface area contributed by atoms with E-state index in [1.807, 2.05) is 41.2 Å². The molecule has 4 aromatic rings. The molecule has 274 valence electrons. The fourth-order valence-corrected chi connectivity index (χ4v) is 6.32. The number of aromatic nitrogens is 3. The van der Waals surface area contributed by atoms with Crippen molar-refractivity contribution in [3.05, 3.63) is 83.8 Å². The van der Waals surface area contributed by atoms with Gasteiger partial charge in [-0.3, -0.25) is 9.48 Å². The fraction of sp³-hybridized carbons (Fsp3) is 0.474. The van der Waals surface area contributed by atoms with Crippen LogP contribution in [-0.2, 0) is 22.0 Å². The molecule has 1 saturated carbocycles. The fourth-order valence-electron chi connectivity index (χ4n) is 6.32. The molecule has 2 N–H and O–H groups in total. The largest absolute Gasteiger partial charge is 0.494 e. The van der Waals surface area contributed by atoms with Crippen molar-refractivity contribution >= 4 is 28.6 Å². The molecule has 2 aromatic heterocycles. The van der Waals surface area contributed by atoms with Crippen molar-refractivity contribution in [2.75, 3.05) is 52.3 Å². The van der Waals surface area contributed by atoms with Gasteiger partial charge in [0.15, 0.2) is 0 Å². The molecule has 1 aliphatic carbocycles. The van der Waals surface area contributed by atoms with Crippen molar-refractivity contribution < 1.29 is 32.6 Å². The second-order valence-electron chi connectivity index (χ2n) is 13.2. The standard InChI is InChI=1S/C38H48F2N6O5/c1-38(39,40)35-13-7-12-31(42-35)36(47)43-33-22-29-25-46(44-32(29)23-34(33)49-3)30-16-14-27(15-17-30)24-45(2)19-9-21-50-20-8-18-41-37(48)51-26-28-10-5-4-6-11-28/h4-7,10-13,22-23,25,27,30H,8-9,14-21,24,26H2,1-3H3,(H,41,48)(H,43,47). The maximum atomic E-state index is 13.8. The van der Waals surface area contributed by atoms with E-state index >= 15 is 0 Å². The summed E-state index contributed by atoms with van der Waals surface area (Å²) in [6.07, 6.45) is 7.51. The summed E-state index contributed by atoms with van der Waals surface area (Å²) in [5, 5.41) is 11.2. The van der Waals surface area contributed by atoms with E-state index in [2.05, 4.69) is 27.6 Å². The Balaban J connectivity index is 0.992. The molecule has 2 aromatic carbocycles. The van der Waals surface area contributed by atoms with E-state index in [1.54, 1.807) is 12.1 Å². The molecule has 0 spiro atoms. The molecule has 2 amide bonds. The van der Waals surface area contributed by atoms with Gasteiger partial charge in [0.05, 0.1) is 24.4 Å². The molecule has 2 heterocycles. The third kappa shape index (κ3) is 11.2. The number of fused-ring (bicyclic) bond motifs is 1. The Kier molecular flexibility index (Phi) is 13.3. The van der Waals surface area contributed by atoms with Gasteiger partial charge in [-0.2, -0.15) is 13.9 Å². The molecule has 0 bridgehead atoms. The molecule has 11 nitrogen and oxygen atoms in total. The van der Waals surface area contributed by atoms with E-state index in [-0.39, 0.29) is 18.3 Å². The molecule has 51 heavy (non-hydrogen) atoms. The summed E-state index contributed by atoms with van der Waals surface area (Å²) in [6.45, 7) is 4.78. The summed E-state index contributed by atoms with van der Waals surface area (Å²) in [6, 6.07) is 17.4. The van der Waals surface area contributed by atoms with E-state index in [1.165, 1.54) is 25.3 Å². The normalized spacial score (nSPS) is 16.3. The lowest BCUT2D eigenvalue weighted by Gasteiger charge is -2.31. The summed E-state index contributed by atoms with van der Waals surface area (Å²) >= 11 is 0. The first-order valence-corrected chi connectivity index (χ1v) is 17.5. The Morgan fingerprint density at radius 2 is 1.78 bits per heavy atom. The van der Waals surface area contributed by atoms with Crippen LogP contribution in [0.1, 0.15) is 73.2 Å². The predicted octanol–water partition coefficient (Wildman–Crippen LogP) is 7.19. The maximum absolute atomic E-state index is 13.8. The first-order valence-electron chi connectivity index (χ1n) is 17.5. The third-order valence-electron chi connectivity index (χ3n) is 9.06. The quantitative estimate of drug-likeness (QED) is 0.111. The number of hydrogen-bond donors (Lipinski definition) is 2. The lowest BCUT2D eigenvalue weighted by atomic mass is 9.86. The minimum atomic E-state index is -3.16. The molecular weight excluding hydrogens is 658 g/mol. The van der Waals surface area contributed by atoms with Gasteiger partial charge in [-0.05, 0) is 75.3 Å². The van der Waals surface area contributed by atoms with Gasteiger partial charge < -0.3 is 29.7 Å². The number of pyridine rings is 1. The number of ether oxygens (including phenoxy) is 3. The Hall–Kier alpha value is -4.62. The van der Waals surface area contributed by atoms with E-state index in [9.17, 15) is 18.4 Å². The number of alkyl carbamates (subject to hydrolysis) is 1. The van der Waals surface area contributed by atoms with Gasteiger partial charge in [0.2, 0.25) is 0 Å². The molecule has 1 aliphatic rings. The van der Waals surface area contributed by atoms with Crippen LogP contribution in [0.15, 0.2) is 66.9 Å². The van der Waals surface area contributed by atoms with Crippen molar-refractivity contribution in [1.82, 2.24) is 25.0 Å². The van der Waals surface area contributed by atoms with E-state index in [4.69, 9.17) is 19.3 Å². The van der Waals surface area contributed by atoms with Crippen LogP contribution in [0.4, 0.5) is 19.3 Å². The average molecular weight is 707 g/mol. The SMILES string of the molecule is COc1cc2nn(C3CCC(CN(C)CCCOCCCNC(=O)OCc4ccccc4)CC3)cc2cc1NC(=O)c1cccc(C(C)(F)F)n1. The number of halogens is 2. The molecule has 5 rings (SSSR count). The van der Waals surface area contributed by atoms with Crippen LogP contribution in [0.25, 0.3) is 10.9 Å². The van der Waals surface area contributed by atoms with Crippen molar-refractivity contribution in [2.45, 2.75) is 64.0 Å². The zero-order valence-corrected chi connectivity index (χ0v) is 29.6. The van der Waals surface area contributed by atoms with Crippen molar-refractivity contribution in [1.29, 1.82) is 0 Å². The summed E-state index contributed by atoms with van der Waals surface area (Å²) in [5.74, 6) is -2.73. The molecule has 1 fully saturated rings. The molecule has 13 heteroatoms. The number of carbonyl (C=O) groups excluding carboxylic acids is 2. The van der Waals surface area contributed by atoms with Gasteiger partial charge in [-0.25, -0.2) is 9.78 Å². The zero-order chi connectivity index (χ0) is 36.2. The van der Waals surface area contributed by atoms with Crippen molar-refractivity contribution in [2.24, 2.45) is 5.92 Å². The number of nitrogens with zero attached hydrogens (tertiary/aromatic N) is 4. The molecule has 0 unspecified atom stereocenters. The Bertz CT molecular complexity index is 1720. The van der Waals surface area contributed by atoms with Crippen LogP contribution in [0.3, 0.4) is 0 Å². The minimum absolute atomic E-state index is 0.108. The van der Waals surface area contributed by atoms with Crippen LogP contribution in [-0.4, -0.2) is 78.7 Å². The second-order valence-corrected chi connectivity index (χ2v) is 13.2. The topological polar surface area (TPSA) is 120 Å². The minimum Gasteiger partial charge on any atom is -0.494 e. The molecule has 0 atom stereocenters. The highest BCUT2D eigenvalue weighted by molar-refractivity contribution is 6.05. The summed E-state index contributed by atoms with van der Waals surface area (Å²) in [5.41, 5.74) is 1.54. The molecule has 0 saturated heterocycles. The monoisotopic (exact) mass is 706 g/mol. The summed E-state index contributed by atoms with van der Waals surface area (Å²) < 4.78 is 46.1. The third-order valence-corrected chi connectivity index (χ3v) is 9.06. The number of hydrogen-bond acceptors (Lipinski definition) is 8. The lowest BCUT2D eigenvalue weighted by molar-refractivity contribution is 0.0126. The second kappa shape index (κ2) is 18.0. The number of nitrogens with one attached hydrogen (secondary N) is 2. The van der Waals surface area contributed by atoms with Gasteiger partial charge >= 0.3 is 6.09 Å². The lowest BCUT2D eigenvalue weighted by Crippen LogP contribution is -2.30. The molecule has 0 aliphatic heterocycles. The number of alkyl halides is 2. The number of methoxy groups -OCH3 is 1. The van der Waals surface area contributed by atoms with Crippen LogP contribution in [0.5, 0.6) is 5.75 Å². The smallest absolute Gasteiger partial charge is 0.407 e. The Morgan fingerprint density at radius 3 is 2.53 bits per heavy atom. The summed E-state index contributed by atoms with van der Waals surface area (Å²) in [4.78, 5) is 31.0. The van der Waals surface area contributed by atoms with Crippen LogP contribution in [0.2, 0.25) is 0 Å². The van der Waals surface area contributed by atoms with Gasteiger partial charge in [0.1, 0.15) is 23.7 Å². The van der Waals surface area contributed by atoms with E-state index < -0.39 is 23.6 Å². The first-order chi connectivity index (χ1) is 24.6. The highest BCUT2D eigenvalue weighted by atomic mass is 19.3. The predicted molar refractivity (Wildman–Crippen MR) is 191 cm³/mol. The van der Waals surface area contributed by atoms with Crippen molar-refractivity contribution in [3.63, 3.8) is 0 Å². The van der Waals surface area contributed by atoms with Crippen LogP contribution < -0.4 is 15.4 Å². The van der Waals surface area contributed by atoms with E-state index in [0.29, 0.717) is 37.1 Å². The number of carbonyl (C=O) groups is 2. The highest BCUT2D eigenvalue weighted by Crippen LogP contribution is 2.35. The number of benzene rings is 2. The first kappa shape index (κ1) is 37.6. The Labute approximate surface area is 297 Å². The molecule has 0 radical (unpaired) electrons. The van der Waals surface area contributed by atoms with Crippen LogP contribution >= 0.6 is 0 Å². The zero-order valence-electron chi connectivity index (χ0n) is 29.6. The number of amides is 2. The number of rotatable bonds is 17.